The Kier molecular flexibility index (Phi) is 4.03. The van der Waals surface area contributed by atoms with Gasteiger partial charge in [-0.25, -0.2) is 9.79 Å². The standard InChI is InChI=1S/C16H9BrN2O4/c17-12-5-1-3-10(7-12)8-14-16(20)23-15(18-14)11-4-2-6-13(9-11)19(21)22/h1-9H/b14-8-. The number of benzene rings is 2. The van der Waals surface area contributed by atoms with Crippen molar-refractivity contribution >= 4 is 39.6 Å². The fourth-order valence-electron chi connectivity index (χ4n) is 2.04. The highest BCUT2D eigenvalue weighted by Crippen LogP contribution is 2.22. The van der Waals surface area contributed by atoms with Gasteiger partial charge in [0.15, 0.2) is 5.70 Å². The molecular weight excluding hydrogens is 364 g/mol. The van der Waals surface area contributed by atoms with Gasteiger partial charge in [-0.15, -0.1) is 0 Å². The van der Waals surface area contributed by atoms with E-state index in [1.54, 1.807) is 12.1 Å². The van der Waals surface area contributed by atoms with Gasteiger partial charge in [-0.05, 0) is 29.8 Å². The Morgan fingerprint density at radius 2 is 1.96 bits per heavy atom. The van der Waals surface area contributed by atoms with E-state index < -0.39 is 10.9 Å². The zero-order chi connectivity index (χ0) is 16.4. The maximum absolute atomic E-state index is 11.9. The highest BCUT2D eigenvalue weighted by molar-refractivity contribution is 9.10. The number of nitrogens with zero attached hydrogens (tertiary/aromatic N) is 2. The van der Waals surface area contributed by atoms with Crippen molar-refractivity contribution < 1.29 is 14.5 Å². The van der Waals surface area contributed by atoms with Crippen molar-refractivity contribution in [1.82, 2.24) is 0 Å². The average Bonchev–Trinajstić information content (AvgIpc) is 2.88. The second kappa shape index (κ2) is 6.13. The summed E-state index contributed by atoms with van der Waals surface area (Å²) in [7, 11) is 0. The Balaban J connectivity index is 1.95. The lowest BCUT2D eigenvalue weighted by molar-refractivity contribution is -0.384. The molecule has 3 rings (SSSR count). The maximum Gasteiger partial charge on any atom is 0.363 e. The van der Waals surface area contributed by atoms with Crippen LogP contribution in [0.25, 0.3) is 6.08 Å². The van der Waals surface area contributed by atoms with Gasteiger partial charge in [-0.3, -0.25) is 10.1 Å². The molecule has 0 fully saturated rings. The zero-order valence-electron chi connectivity index (χ0n) is 11.6. The lowest BCUT2D eigenvalue weighted by Crippen LogP contribution is -2.05. The molecule has 0 aromatic heterocycles. The second-order valence-corrected chi connectivity index (χ2v) is 5.61. The van der Waals surface area contributed by atoms with Crippen LogP contribution in [-0.4, -0.2) is 16.8 Å². The van der Waals surface area contributed by atoms with Crippen molar-refractivity contribution in [3.05, 3.63) is 79.9 Å². The maximum atomic E-state index is 11.9. The number of cyclic esters (lactones) is 1. The number of carbonyl (C=O) groups is 1. The number of rotatable bonds is 3. The SMILES string of the molecule is O=C1OC(c2cccc([N+](=O)[O-])c2)=N/C1=C\c1cccc(Br)c1. The van der Waals surface area contributed by atoms with E-state index in [0.29, 0.717) is 5.56 Å². The topological polar surface area (TPSA) is 81.8 Å². The summed E-state index contributed by atoms with van der Waals surface area (Å²) in [4.78, 5) is 26.3. The van der Waals surface area contributed by atoms with Crippen LogP contribution in [0, 0.1) is 10.1 Å². The monoisotopic (exact) mass is 372 g/mol. The molecule has 0 radical (unpaired) electrons. The molecular formula is C16H9BrN2O4. The molecule has 0 aliphatic carbocycles. The van der Waals surface area contributed by atoms with E-state index in [-0.39, 0.29) is 17.3 Å². The molecule has 0 atom stereocenters. The molecule has 23 heavy (non-hydrogen) atoms. The Morgan fingerprint density at radius 3 is 2.70 bits per heavy atom. The van der Waals surface area contributed by atoms with E-state index in [2.05, 4.69) is 20.9 Å². The number of ether oxygens (including phenoxy) is 1. The van der Waals surface area contributed by atoms with Crippen LogP contribution in [0.3, 0.4) is 0 Å². The molecule has 0 spiro atoms. The van der Waals surface area contributed by atoms with Gasteiger partial charge in [0.2, 0.25) is 5.90 Å². The molecule has 1 aliphatic heterocycles. The van der Waals surface area contributed by atoms with Crippen LogP contribution in [-0.2, 0) is 9.53 Å². The van der Waals surface area contributed by atoms with Crippen molar-refractivity contribution in [1.29, 1.82) is 0 Å². The Labute approximate surface area is 139 Å². The van der Waals surface area contributed by atoms with Crippen LogP contribution in [0.5, 0.6) is 0 Å². The highest BCUT2D eigenvalue weighted by Gasteiger charge is 2.25. The van der Waals surface area contributed by atoms with Crippen LogP contribution in [0.15, 0.2) is 63.7 Å². The zero-order valence-corrected chi connectivity index (χ0v) is 13.2. The first kappa shape index (κ1) is 15.1. The molecule has 0 unspecified atom stereocenters. The van der Waals surface area contributed by atoms with E-state index in [9.17, 15) is 14.9 Å². The van der Waals surface area contributed by atoms with Crippen LogP contribution < -0.4 is 0 Å². The summed E-state index contributed by atoms with van der Waals surface area (Å²) >= 11 is 3.35. The van der Waals surface area contributed by atoms with Gasteiger partial charge < -0.3 is 4.74 Å². The molecule has 1 heterocycles. The predicted molar refractivity (Wildman–Crippen MR) is 87.8 cm³/mol. The van der Waals surface area contributed by atoms with Crippen molar-refractivity contribution in [2.24, 2.45) is 4.99 Å². The smallest absolute Gasteiger partial charge is 0.363 e. The third kappa shape index (κ3) is 3.35. The number of hydrogen-bond donors (Lipinski definition) is 0. The largest absolute Gasteiger partial charge is 0.402 e. The van der Waals surface area contributed by atoms with Crippen molar-refractivity contribution in [3.63, 3.8) is 0 Å². The summed E-state index contributed by atoms with van der Waals surface area (Å²) in [6, 6.07) is 13.1. The van der Waals surface area contributed by atoms with Gasteiger partial charge in [0, 0.05) is 22.2 Å². The quantitative estimate of drug-likeness (QED) is 0.356. The summed E-state index contributed by atoms with van der Waals surface area (Å²) in [6.07, 6.45) is 1.59. The Morgan fingerprint density at radius 1 is 1.17 bits per heavy atom. The van der Waals surface area contributed by atoms with E-state index in [1.165, 1.54) is 18.2 Å². The molecule has 6 nitrogen and oxygen atoms in total. The first-order chi connectivity index (χ1) is 11.0. The van der Waals surface area contributed by atoms with Gasteiger partial charge in [0.25, 0.3) is 5.69 Å². The third-order valence-corrected chi connectivity index (χ3v) is 3.57. The Bertz CT molecular complexity index is 874. The molecule has 0 saturated heterocycles. The molecule has 1 aliphatic rings. The predicted octanol–water partition coefficient (Wildman–Crippen LogP) is 3.70. The van der Waals surface area contributed by atoms with Gasteiger partial charge in [0.1, 0.15) is 0 Å². The van der Waals surface area contributed by atoms with Crippen molar-refractivity contribution in [2.75, 3.05) is 0 Å². The molecule has 7 heteroatoms. The van der Waals surface area contributed by atoms with Crippen molar-refractivity contribution in [3.8, 4) is 0 Å². The summed E-state index contributed by atoms with van der Waals surface area (Å²) in [6.45, 7) is 0. The first-order valence-corrected chi connectivity index (χ1v) is 7.35. The van der Waals surface area contributed by atoms with Gasteiger partial charge >= 0.3 is 5.97 Å². The number of hydrogen-bond acceptors (Lipinski definition) is 5. The van der Waals surface area contributed by atoms with Crippen LogP contribution in [0.4, 0.5) is 5.69 Å². The van der Waals surface area contributed by atoms with Crippen LogP contribution in [0.1, 0.15) is 11.1 Å². The molecule has 114 valence electrons. The summed E-state index contributed by atoms with van der Waals surface area (Å²) in [5, 5.41) is 10.8. The average molecular weight is 373 g/mol. The second-order valence-electron chi connectivity index (χ2n) is 4.70. The minimum atomic E-state index is -0.591. The normalized spacial score (nSPS) is 15.4. The first-order valence-electron chi connectivity index (χ1n) is 6.56. The van der Waals surface area contributed by atoms with E-state index in [0.717, 1.165) is 10.0 Å². The number of nitro groups is 1. The fraction of sp³-hybridized carbons (Fsp3) is 0. The lowest BCUT2D eigenvalue weighted by Gasteiger charge is -1.98. The Hall–Kier alpha value is -2.80. The van der Waals surface area contributed by atoms with Gasteiger partial charge in [-0.2, -0.15) is 0 Å². The lowest BCUT2D eigenvalue weighted by atomic mass is 10.2. The van der Waals surface area contributed by atoms with E-state index in [1.807, 2.05) is 24.3 Å². The highest BCUT2D eigenvalue weighted by atomic mass is 79.9. The summed E-state index contributed by atoms with van der Waals surface area (Å²) in [5.41, 5.74) is 1.22. The molecule has 0 N–H and O–H groups in total. The summed E-state index contributed by atoms with van der Waals surface area (Å²) < 4.78 is 5.98. The van der Waals surface area contributed by atoms with Crippen LogP contribution >= 0.6 is 15.9 Å². The number of halogens is 1. The van der Waals surface area contributed by atoms with E-state index in [4.69, 9.17) is 4.74 Å². The van der Waals surface area contributed by atoms with Crippen molar-refractivity contribution in [2.45, 2.75) is 0 Å². The van der Waals surface area contributed by atoms with Crippen LogP contribution in [0.2, 0.25) is 0 Å². The number of aliphatic imine (C=N–C) groups is 1. The molecule has 0 saturated carbocycles. The minimum Gasteiger partial charge on any atom is -0.402 e. The third-order valence-electron chi connectivity index (χ3n) is 3.08. The number of esters is 1. The van der Waals surface area contributed by atoms with Gasteiger partial charge in [-0.1, -0.05) is 34.1 Å². The summed E-state index contributed by atoms with van der Waals surface area (Å²) in [5.74, 6) is -0.536. The number of non-ortho nitro benzene ring substituents is 1. The molecule has 0 bridgehead atoms. The fourth-order valence-corrected chi connectivity index (χ4v) is 2.46. The van der Waals surface area contributed by atoms with E-state index >= 15 is 0 Å². The van der Waals surface area contributed by atoms with Gasteiger partial charge in [0.05, 0.1) is 4.92 Å². The molecule has 2 aromatic rings. The number of carbonyl (C=O) groups excluding carboxylic acids is 1. The molecule has 2 aromatic carbocycles. The minimum absolute atomic E-state index is 0.0555. The molecule has 0 amide bonds. The number of nitro benzene ring substituents is 1.